The molecule has 7 nitrogen and oxygen atoms in total. The van der Waals surface area contributed by atoms with E-state index in [0.717, 1.165) is 11.1 Å². The van der Waals surface area contributed by atoms with Crippen molar-refractivity contribution < 1.29 is 24.6 Å². The summed E-state index contributed by atoms with van der Waals surface area (Å²) in [6.45, 7) is 0.197. The SMILES string of the molecule is O=C(N[C@@H](Cc1ccccc1)[C@@H](O)C[C@@](O)(Cc1ccccc1)C(=O)NCc1ccccc1)C(=O)c1ccccc1. The van der Waals surface area contributed by atoms with E-state index in [-0.39, 0.29) is 31.4 Å². The molecule has 0 aliphatic carbocycles. The molecule has 0 radical (unpaired) electrons. The van der Waals surface area contributed by atoms with Crippen molar-refractivity contribution in [3.8, 4) is 0 Å². The summed E-state index contributed by atoms with van der Waals surface area (Å²) < 4.78 is 0. The standard InChI is InChI=1S/C34H34N2O5/c37-30(29(21-25-13-5-1-6-14-25)36-32(39)31(38)28-19-11-4-12-20-28)23-34(41,22-26-15-7-2-8-16-26)33(40)35-24-27-17-9-3-10-18-27/h1-20,29-30,37,41H,21-24H2,(H,35,40)(H,36,39)/t29-,30-,34-/m0/s1. The van der Waals surface area contributed by atoms with Crippen LogP contribution in [0.3, 0.4) is 0 Å². The molecule has 0 bridgehead atoms. The van der Waals surface area contributed by atoms with E-state index in [9.17, 15) is 24.6 Å². The molecular weight excluding hydrogens is 516 g/mol. The van der Waals surface area contributed by atoms with Crippen LogP contribution in [-0.4, -0.2) is 45.6 Å². The second kappa shape index (κ2) is 14.2. The predicted octanol–water partition coefficient (Wildman–Crippen LogP) is 3.64. The number of hydrogen-bond acceptors (Lipinski definition) is 5. The summed E-state index contributed by atoms with van der Waals surface area (Å²) >= 11 is 0. The Bertz CT molecular complexity index is 1410. The Kier molecular flexibility index (Phi) is 10.2. The van der Waals surface area contributed by atoms with E-state index < -0.39 is 35.3 Å². The first kappa shape index (κ1) is 29.4. The minimum absolute atomic E-state index is 0.0551. The number of aliphatic hydroxyl groups excluding tert-OH is 1. The lowest BCUT2D eigenvalue weighted by atomic mass is 9.84. The van der Waals surface area contributed by atoms with Crippen molar-refractivity contribution >= 4 is 17.6 Å². The molecule has 4 aromatic rings. The number of carbonyl (C=O) groups is 3. The van der Waals surface area contributed by atoms with Crippen LogP contribution >= 0.6 is 0 Å². The van der Waals surface area contributed by atoms with Gasteiger partial charge in [0.2, 0.25) is 5.78 Å². The molecule has 3 atom stereocenters. The maximum atomic E-state index is 13.5. The molecular formula is C34H34N2O5. The average molecular weight is 551 g/mol. The molecule has 4 N–H and O–H groups in total. The highest BCUT2D eigenvalue weighted by Gasteiger charge is 2.40. The molecule has 4 rings (SSSR count). The lowest BCUT2D eigenvalue weighted by Gasteiger charge is -2.33. The fraction of sp³-hybridized carbons (Fsp3) is 0.206. The normalized spacial score (nSPS) is 13.8. The van der Waals surface area contributed by atoms with Crippen LogP contribution in [0.25, 0.3) is 0 Å². The van der Waals surface area contributed by atoms with Crippen molar-refractivity contribution in [2.24, 2.45) is 0 Å². The molecule has 0 aliphatic rings. The van der Waals surface area contributed by atoms with Crippen LogP contribution in [0.1, 0.15) is 33.5 Å². The Morgan fingerprint density at radius 3 is 1.73 bits per heavy atom. The zero-order valence-electron chi connectivity index (χ0n) is 22.6. The minimum atomic E-state index is -2.00. The number of rotatable bonds is 13. The Labute approximate surface area is 239 Å². The number of carbonyl (C=O) groups excluding carboxylic acids is 3. The number of nitrogens with one attached hydrogen (secondary N) is 2. The quantitative estimate of drug-likeness (QED) is 0.150. The Morgan fingerprint density at radius 2 is 1.17 bits per heavy atom. The van der Waals surface area contributed by atoms with Crippen LogP contribution in [0.4, 0.5) is 0 Å². The van der Waals surface area contributed by atoms with Gasteiger partial charge in [-0.1, -0.05) is 121 Å². The number of ketones is 1. The van der Waals surface area contributed by atoms with Crippen molar-refractivity contribution in [3.05, 3.63) is 144 Å². The largest absolute Gasteiger partial charge is 0.391 e. The van der Waals surface area contributed by atoms with E-state index in [1.54, 1.807) is 42.5 Å². The molecule has 0 aliphatic heterocycles. The van der Waals surface area contributed by atoms with Crippen molar-refractivity contribution in [2.45, 2.75) is 43.6 Å². The molecule has 210 valence electrons. The van der Waals surface area contributed by atoms with Gasteiger partial charge in [0.05, 0.1) is 12.1 Å². The van der Waals surface area contributed by atoms with Gasteiger partial charge in [0.25, 0.3) is 11.8 Å². The van der Waals surface area contributed by atoms with Gasteiger partial charge in [-0.15, -0.1) is 0 Å². The molecule has 7 heteroatoms. The zero-order chi connectivity index (χ0) is 29.1. The maximum absolute atomic E-state index is 13.5. The van der Waals surface area contributed by atoms with Gasteiger partial charge in [-0.3, -0.25) is 14.4 Å². The van der Waals surface area contributed by atoms with Gasteiger partial charge in [0.15, 0.2) is 0 Å². The van der Waals surface area contributed by atoms with Gasteiger partial charge in [-0.05, 0) is 23.1 Å². The zero-order valence-corrected chi connectivity index (χ0v) is 22.6. The van der Waals surface area contributed by atoms with Crippen molar-refractivity contribution in [3.63, 3.8) is 0 Å². The smallest absolute Gasteiger partial charge is 0.292 e. The first-order valence-electron chi connectivity index (χ1n) is 13.5. The van der Waals surface area contributed by atoms with E-state index in [1.165, 1.54) is 0 Å². The van der Waals surface area contributed by atoms with Crippen molar-refractivity contribution in [1.29, 1.82) is 0 Å². The fourth-order valence-electron chi connectivity index (χ4n) is 4.72. The third kappa shape index (κ3) is 8.45. The molecule has 0 fully saturated rings. The lowest BCUT2D eigenvalue weighted by Crippen LogP contribution is -2.55. The van der Waals surface area contributed by atoms with Crippen LogP contribution in [0, 0.1) is 0 Å². The van der Waals surface area contributed by atoms with Crippen LogP contribution in [0.15, 0.2) is 121 Å². The van der Waals surface area contributed by atoms with Crippen LogP contribution in [0.5, 0.6) is 0 Å². The topological polar surface area (TPSA) is 116 Å². The molecule has 2 amide bonds. The minimum Gasteiger partial charge on any atom is -0.391 e. The van der Waals surface area contributed by atoms with E-state index >= 15 is 0 Å². The van der Waals surface area contributed by atoms with Gasteiger partial charge in [-0.25, -0.2) is 0 Å². The van der Waals surface area contributed by atoms with Gasteiger partial charge < -0.3 is 20.8 Å². The summed E-state index contributed by atoms with van der Waals surface area (Å²) in [7, 11) is 0. The van der Waals surface area contributed by atoms with Crippen LogP contribution < -0.4 is 10.6 Å². The highest BCUT2D eigenvalue weighted by atomic mass is 16.3. The van der Waals surface area contributed by atoms with Crippen molar-refractivity contribution in [1.82, 2.24) is 10.6 Å². The number of aliphatic hydroxyl groups is 2. The van der Waals surface area contributed by atoms with Gasteiger partial charge >= 0.3 is 0 Å². The average Bonchev–Trinajstić information content (AvgIpc) is 3.01. The third-order valence-electron chi connectivity index (χ3n) is 6.93. The van der Waals surface area contributed by atoms with E-state index in [4.69, 9.17) is 0 Å². The number of amides is 2. The summed E-state index contributed by atoms with van der Waals surface area (Å²) in [4.78, 5) is 39.2. The summed E-state index contributed by atoms with van der Waals surface area (Å²) in [5.74, 6) is -2.26. The predicted molar refractivity (Wildman–Crippen MR) is 157 cm³/mol. The van der Waals surface area contributed by atoms with Gasteiger partial charge in [0, 0.05) is 24.9 Å². The summed E-state index contributed by atoms with van der Waals surface area (Å²) in [5.41, 5.74) is 0.596. The third-order valence-corrected chi connectivity index (χ3v) is 6.93. The monoisotopic (exact) mass is 550 g/mol. The summed E-state index contributed by atoms with van der Waals surface area (Å²) in [6, 6.07) is 34.7. The molecule has 0 saturated heterocycles. The highest BCUT2D eigenvalue weighted by Crippen LogP contribution is 2.23. The van der Waals surface area contributed by atoms with Crippen LogP contribution in [-0.2, 0) is 29.0 Å². The van der Waals surface area contributed by atoms with E-state index in [2.05, 4.69) is 10.6 Å². The Balaban J connectivity index is 1.57. The van der Waals surface area contributed by atoms with Crippen LogP contribution in [0.2, 0.25) is 0 Å². The molecule has 0 saturated carbocycles. The van der Waals surface area contributed by atoms with E-state index in [0.29, 0.717) is 5.56 Å². The first-order chi connectivity index (χ1) is 19.8. The number of benzene rings is 4. The Hall–Kier alpha value is -4.59. The number of Topliss-reactive ketones (excluding diaryl/α,β-unsaturated/α-hetero) is 1. The van der Waals surface area contributed by atoms with Gasteiger partial charge in [-0.2, -0.15) is 0 Å². The summed E-state index contributed by atoms with van der Waals surface area (Å²) in [5, 5.41) is 28.7. The van der Waals surface area contributed by atoms with Gasteiger partial charge in [0.1, 0.15) is 5.60 Å². The van der Waals surface area contributed by atoms with Crippen molar-refractivity contribution in [2.75, 3.05) is 0 Å². The second-order valence-electron chi connectivity index (χ2n) is 10.1. The molecule has 0 unspecified atom stereocenters. The summed E-state index contributed by atoms with van der Waals surface area (Å²) in [6.07, 6.45) is -1.61. The first-order valence-corrected chi connectivity index (χ1v) is 13.5. The molecule has 0 heterocycles. The number of hydrogen-bond donors (Lipinski definition) is 4. The fourth-order valence-corrected chi connectivity index (χ4v) is 4.72. The molecule has 4 aromatic carbocycles. The molecule has 0 aromatic heterocycles. The maximum Gasteiger partial charge on any atom is 0.292 e. The second-order valence-corrected chi connectivity index (χ2v) is 10.1. The molecule has 41 heavy (non-hydrogen) atoms. The Morgan fingerprint density at radius 1 is 0.683 bits per heavy atom. The lowest BCUT2D eigenvalue weighted by molar-refractivity contribution is -0.144. The van der Waals surface area contributed by atoms with E-state index in [1.807, 2.05) is 78.9 Å². The highest BCUT2D eigenvalue weighted by molar-refractivity contribution is 6.42. The molecule has 0 spiro atoms.